The van der Waals surface area contributed by atoms with Crippen LogP contribution in [0.1, 0.15) is 32.8 Å². The highest BCUT2D eigenvalue weighted by Gasteiger charge is 1.98. The molecule has 0 radical (unpaired) electrons. The summed E-state index contributed by atoms with van der Waals surface area (Å²) in [5, 5.41) is 6.61. The molecule has 0 unspecified atom stereocenters. The fraction of sp³-hybridized carbons (Fsp3) is 0.647. The molecule has 0 amide bonds. The van der Waals surface area contributed by atoms with Crippen LogP contribution in [0.3, 0.4) is 0 Å². The predicted octanol–water partition coefficient (Wildman–Crippen LogP) is 2.86. The van der Waals surface area contributed by atoms with E-state index < -0.39 is 0 Å². The summed E-state index contributed by atoms with van der Waals surface area (Å²) < 4.78 is 5.56. The van der Waals surface area contributed by atoms with Gasteiger partial charge in [-0.2, -0.15) is 0 Å². The first-order valence-corrected chi connectivity index (χ1v) is 8.21. The van der Waals surface area contributed by atoms with E-state index in [0.717, 1.165) is 51.6 Å². The lowest BCUT2D eigenvalue weighted by Crippen LogP contribution is -2.38. The first kappa shape index (κ1) is 22.1. The number of nitrogens with one attached hydrogen (secondary N) is 2. The Bertz CT molecular complexity index is 412. The summed E-state index contributed by atoms with van der Waals surface area (Å²) in [6, 6.07) is 4.05. The van der Waals surface area contributed by atoms with Gasteiger partial charge in [-0.25, -0.2) is 0 Å². The average Bonchev–Trinajstić information content (AvgIpc) is 2.51. The summed E-state index contributed by atoms with van der Waals surface area (Å²) in [7, 11) is 0. The van der Waals surface area contributed by atoms with Gasteiger partial charge in [0.1, 0.15) is 0 Å². The van der Waals surface area contributed by atoms with Crippen LogP contribution in [0.25, 0.3) is 0 Å². The first-order valence-electron chi connectivity index (χ1n) is 8.21. The molecule has 0 aliphatic carbocycles. The van der Waals surface area contributed by atoms with Crippen LogP contribution in [0.5, 0.6) is 0 Å². The normalized spacial score (nSPS) is 11.2. The third-order valence-electron chi connectivity index (χ3n) is 2.94. The highest BCUT2D eigenvalue weighted by Crippen LogP contribution is 1.96. The molecule has 0 atom stereocenters. The minimum atomic E-state index is 0. The van der Waals surface area contributed by atoms with Crippen LogP contribution in [0.4, 0.5) is 0 Å². The largest absolute Gasteiger partial charge is 0.381 e. The van der Waals surface area contributed by atoms with Crippen molar-refractivity contribution in [2.45, 2.75) is 33.6 Å². The molecule has 23 heavy (non-hydrogen) atoms. The van der Waals surface area contributed by atoms with Crippen LogP contribution < -0.4 is 10.6 Å². The zero-order valence-corrected chi connectivity index (χ0v) is 16.9. The van der Waals surface area contributed by atoms with Gasteiger partial charge in [0.25, 0.3) is 0 Å². The Morgan fingerprint density at radius 3 is 2.83 bits per heavy atom. The Morgan fingerprint density at radius 2 is 2.17 bits per heavy atom. The van der Waals surface area contributed by atoms with Crippen LogP contribution >= 0.6 is 24.0 Å². The molecule has 0 bridgehead atoms. The molecule has 5 nitrogen and oxygen atoms in total. The number of aromatic nitrogens is 1. The summed E-state index contributed by atoms with van der Waals surface area (Å²) >= 11 is 0. The third-order valence-corrected chi connectivity index (χ3v) is 2.94. The van der Waals surface area contributed by atoms with Crippen molar-refractivity contribution >= 4 is 29.9 Å². The molecule has 1 rings (SSSR count). The van der Waals surface area contributed by atoms with Crippen LogP contribution in [0.15, 0.2) is 29.5 Å². The predicted molar refractivity (Wildman–Crippen MR) is 108 cm³/mol. The molecule has 0 saturated carbocycles. The quantitative estimate of drug-likeness (QED) is 0.257. The van der Waals surface area contributed by atoms with Gasteiger partial charge < -0.3 is 15.4 Å². The first-order chi connectivity index (χ1) is 10.7. The number of nitrogens with zero attached hydrogens (tertiary/aromatic N) is 2. The topological polar surface area (TPSA) is 58.5 Å². The monoisotopic (exact) mass is 434 g/mol. The Kier molecular flexibility index (Phi) is 14.1. The average molecular weight is 434 g/mol. The lowest BCUT2D eigenvalue weighted by molar-refractivity contribution is 0.109. The standard InChI is InChI=1S/C17H30N4O.HI/c1-4-19-17(20-10-6-12-22-14-15(2)3)21-11-8-16-7-5-9-18-13-16;/h5,7,9,13,15H,4,6,8,10-12,14H2,1-3H3,(H2,19,20,21);1H. The molecule has 132 valence electrons. The Morgan fingerprint density at radius 1 is 1.35 bits per heavy atom. The van der Waals surface area contributed by atoms with Crippen molar-refractivity contribution < 1.29 is 4.74 Å². The van der Waals surface area contributed by atoms with E-state index in [9.17, 15) is 0 Å². The van der Waals surface area contributed by atoms with Gasteiger partial charge in [-0.1, -0.05) is 19.9 Å². The maximum Gasteiger partial charge on any atom is 0.191 e. The van der Waals surface area contributed by atoms with Crippen molar-refractivity contribution in [3.8, 4) is 0 Å². The lowest BCUT2D eigenvalue weighted by Gasteiger charge is -2.11. The Labute approximate surface area is 157 Å². The van der Waals surface area contributed by atoms with Gasteiger partial charge in [-0.3, -0.25) is 9.98 Å². The molecule has 0 aliphatic heterocycles. The fourth-order valence-electron chi connectivity index (χ4n) is 1.89. The van der Waals surface area contributed by atoms with Crippen molar-refractivity contribution in [2.75, 3.05) is 32.8 Å². The van der Waals surface area contributed by atoms with Gasteiger partial charge in [0.2, 0.25) is 0 Å². The maximum absolute atomic E-state index is 5.56. The Balaban J connectivity index is 0.00000484. The minimum Gasteiger partial charge on any atom is -0.381 e. The summed E-state index contributed by atoms with van der Waals surface area (Å²) in [6.45, 7) is 10.5. The van der Waals surface area contributed by atoms with Gasteiger partial charge in [0, 0.05) is 45.2 Å². The van der Waals surface area contributed by atoms with Crippen molar-refractivity contribution in [3.05, 3.63) is 30.1 Å². The van der Waals surface area contributed by atoms with Crippen molar-refractivity contribution in [1.29, 1.82) is 0 Å². The van der Waals surface area contributed by atoms with E-state index in [1.54, 1.807) is 6.20 Å². The van der Waals surface area contributed by atoms with E-state index in [0.29, 0.717) is 5.92 Å². The third kappa shape index (κ3) is 12.2. The minimum absolute atomic E-state index is 0. The lowest BCUT2D eigenvalue weighted by atomic mass is 10.2. The Hall–Kier alpha value is -0.890. The molecule has 0 saturated heterocycles. The summed E-state index contributed by atoms with van der Waals surface area (Å²) in [5.74, 6) is 1.46. The highest BCUT2D eigenvalue weighted by atomic mass is 127. The number of hydrogen-bond donors (Lipinski definition) is 2. The van der Waals surface area contributed by atoms with Crippen molar-refractivity contribution in [3.63, 3.8) is 0 Å². The van der Waals surface area contributed by atoms with E-state index >= 15 is 0 Å². The molecule has 1 aromatic rings. The highest BCUT2D eigenvalue weighted by molar-refractivity contribution is 14.0. The van der Waals surface area contributed by atoms with E-state index in [1.165, 1.54) is 5.56 Å². The van der Waals surface area contributed by atoms with E-state index in [-0.39, 0.29) is 24.0 Å². The van der Waals surface area contributed by atoms with Gasteiger partial charge in [-0.15, -0.1) is 24.0 Å². The second kappa shape index (κ2) is 14.7. The van der Waals surface area contributed by atoms with Crippen LogP contribution in [0, 0.1) is 5.92 Å². The molecule has 1 aromatic heterocycles. The van der Waals surface area contributed by atoms with Crippen LogP contribution in [-0.4, -0.2) is 43.8 Å². The van der Waals surface area contributed by atoms with E-state index in [1.807, 2.05) is 12.3 Å². The molecule has 0 spiro atoms. The molecule has 0 aliphatic rings. The van der Waals surface area contributed by atoms with Gasteiger partial charge >= 0.3 is 0 Å². The van der Waals surface area contributed by atoms with Crippen molar-refractivity contribution in [1.82, 2.24) is 15.6 Å². The molecular weight excluding hydrogens is 403 g/mol. The molecule has 1 heterocycles. The molecular formula is C17H31IN4O. The number of hydrogen-bond acceptors (Lipinski definition) is 3. The van der Waals surface area contributed by atoms with Crippen molar-refractivity contribution in [2.24, 2.45) is 10.9 Å². The summed E-state index contributed by atoms with van der Waals surface area (Å²) in [6.07, 6.45) is 5.59. The van der Waals surface area contributed by atoms with Gasteiger partial charge in [0.05, 0.1) is 0 Å². The summed E-state index contributed by atoms with van der Waals surface area (Å²) in [4.78, 5) is 8.68. The number of halogens is 1. The van der Waals surface area contributed by atoms with E-state index in [4.69, 9.17) is 4.74 Å². The maximum atomic E-state index is 5.56. The number of guanidine groups is 1. The van der Waals surface area contributed by atoms with Crippen LogP contribution in [-0.2, 0) is 11.2 Å². The second-order valence-corrected chi connectivity index (χ2v) is 5.62. The smallest absolute Gasteiger partial charge is 0.191 e. The number of pyridine rings is 1. The number of ether oxygens (including phenoxy) is 1. The number of rotatable bonds is 10. The summed E-state index contributed by atoms with van der Waals surface area (Å²) in [5.41, 5.74) is 1.23. The second-order valence-electron chi connectivity index (χ2n) is 5.62. The molecule has 2 N–H and O–H groups in total. The molecule has 0 fully saturated rings. The zero-order chi connectivity index (χ0) is 16.0. The van der Waals surface area contributed by atoms with Gasteiger partial charge in [0.15, 0.2) is 5.96 Å². The fourth-order valence-corrected chi connectivity index (χ4v) is 1.89. The SMILES string of the molecule is CCNC(=NCCCOCC(C)C)NCCc1cccnc1.I. The van der Waals surface area contributed by atoms with Crippen LogP contribution in [0.2, 0.25) is 0 Å². The molecule has 0 aromatic carbocycles. The number of aliphatic imine (C=N–C) groups is 1. The van der Waals surface area contributed by atoms with E-state index in [2.05, 4.69) is 47.4 Å². The molecule has 6 heteroatoms. The van der Waals surface area contributed by atoms with Gasteiger partial charge in [-0.05, 0) is 37.3 Å². The zero-order valence-electron chi connectivity index (χ0n) is 14.5.